The van der Waals surface area contributed by atoms with Crippen LogP contribution in [-0.2, 0) is 16.0 Å². The van der Waals surface area contributed by atoms with Crippen LogP contribution in [0.4, 0.5) is 0 Å². The van der Waals surface area contributed by atoms with Gasteiger partial charge >= 0.3 is 5.97 Å². The molecule has 2 aromatic heterocycles. The molecule has 2 rings (SSSR count). The molecular formula is C13H15N3O2. The molecular weight excluding hydrogens is 230 g/mol. The molecule has 0 radical (unpaired) electrons. The third kappa shape index (κ3) is 3.16. The Labute approximate surface area is 105 Å². The summed E-state index contributed by atoms with van der Waals surface area (Å²) in [5.41, 5.74) is 2.71. The zero-order chi connectivity index (χ0) is 12.8. The van der Waals surface area contributed by atoms with E-state index in [9.17, 15) is 4.79 Å². The van der Waals surface area contributed by atoms with Crippen molar-refractivity contribution < 1.29 is 9.53 Å². The molecule has 0 fully saturated rings. The molecule has 0 aromatic carbocycles. The normalized spacial score (nSPS) is 10.3. The summed E-state index contributed by atoms with van der Waals surface area (Å²) in [6, 6.07) is 5.73. The average Bonchev–Trinajstić information content (AvgIpc) is 2.87. The van der Waals surface area contributed by atoms with Gasteiger partial charge in [-0.2, -0.15) is 5.10 Å². The molecule has 0 aliphatic heterocycles. The van der Waals surface area contributed by atoms with Gasteiger partial charge in [-0.1, -0.05) is 0 Å². The van der Waals surface area contributed by atoms with Gasteiger partial charge in [0.2, 0.25) is 0 Å². The van der Waals surface area contributed by atoms with Gasteiger partial charge in [-0.05, 0) is 31.5 Å². The molecule has 2 aromatic rings. The van der Waals surface area contributed by atoms with Crippen LogP contribution in [0, 0.1) is 0 Å². The van der Waals surface area contributed by atoms with E-state index in [1.807, 2.05) is 18.2 Å². The summed E-state index contributed by atoms with van der Waals surface area (Å²) in [7, 11) is 0. The lowest BCUT2D eigenvalue weighted by molar-refractivity contribution is -0.143. The van der Waals surface area contributed by atoms with E-state index in [0.29, 0.717) is 19.4 Å². The number of hydrogen-bond donors (Lipinski definition) is 1. The van der Waals surface area contributed by atoms with E-state index < -0.39 is 0 Å². The van der Waals surface area contributed by atoms with E-state index in [4.69, 9.17) is 4.74 Å². The first-order valence-corrected chi connectivity index (χ1v) is 5.90. The number of rotatable bonds is 5. The van der Waals surface area contributed by atoms with Crippen molar-refractivity contribution in [2.75, 3.05) is 6.61 Å². The number of pyridine rings is 1. The van der Waals surface area contributed by atoms with Crippen LogP contribution in [0.5, 0.6) is 0 Å². The summed E-state index contributed by atoms with van der Waals surface area (Å²) in [5.74, 6) is -0.185. The fourth-order valence-electron chi connectivity index (χ4n) is 1.62. The summed E-state index contributed by atoms with van der Waals surface area (Å²) < 4.78 is 4.87. The van der Waals surface area contributed by atoms with Gasteiger partial charge in [-0.15, -0.1) is 0 Å². The van der Waals surface area contributed by atoms with Crippen molar-refractivity contribution in [1.82, 2.24) is 15.2 Å². The maximum absolute atomic E-state index is 11.2. The van der Waals surface area contributed by atoms with Crippen LogP contribution in [0.25, 0.3) is 11.3 Å². The molecule has 5 heteroatoms. The number of carbonyl (C=O) groups is 1. The van der Waals surface area contributed by atoms with Crippen LogP contribution in [0.2, 0.25) is 0 Å². The van der Waals surface area contributed by atoms with Gasteiger partial charge in [0.25, 0.3) is 0 Å². The number of hydrogen-bond acceptors (Lipinski definition) is 4. The molecule has 0 saturated heterocycles. The topological polar surface area (TPSA) is 67.9 Å². The Hall–Kier alpha value is -2.17. The Bertz CT molecular complexity index is 508. The van der Waals surface area contributed by atoms with Gasteiger partial charge in [-0.25, -0.2) is 0 Å². The van der Waals surface area contributed by atoms with E-state index >= 15 is 0 Å². The van der Waals surface area contributed by atoms with E-state index in [1.54, 1.807) is 19.3 Å². The first kappa shape index (κ1) is 12.3. The highest BCUT2D eigenvalue weighted by molar-refractivity contribution is 5.69. The number of nitrogens with zero attached hydrogens (tertiary/aromatic N) is 2. The van der Waals surface area contributed by atoms with Crippen LogP contribution in [-0.4, -0.2) is 27.8 Å². The molecule has 0 atom stereocenters. The standard InChI is InChI=1S/C13H15N3O2/c1-2-18-13(17)6-5-11-8-12(16-15-11)10-4-3-7-14-9-10/h3-4,7-9H,2,5-6H2,1H3,(H,15,16). The number of aromatic amines is 1. The summed E-state index contributed by atoms with van der Waals surface area (Å²) in [4.78, 5) is 15.3. The third-order valence-electron chi connectivity index (χ3n) is 2.49. The van der Waals surface area contributed by atoms with Crippen LogP contribution in [0.3, 0.4) is 0 Å². The van der Waals surface area contributed by atoms with Crippen molar-refractivity contribution in [1.29, 1.82) is 0 Å². The zero-order valence-corrected chi connectivity index (χ0v) is 10.2. The second kappa shape index (κ2) is 5.95. The molecule has 0 spiro atoms. The zero-order valence-electron chi connectivity index (χ0n) is 10.2. The molecule has 0 amide bonds. The van der Waals surface area contributed by atoms with Gasteiger partial charge in [-0.3, -0.25) is 14.9 Å². The van der Waals surface area contributed by atoms with Crippen LogP contribution in [0.1, 0.15) is 19.0 Å². The van der Waals surface area contributed by atoms with Crippen molar-refractivity contribution >= 4 is 5.97 Å². The van der Waals surface area contributed by atoms with Gasteiger partial charge in [0.1, 0.15) is 0 Å². The second-order valence-electron chi connectivity index (χ2n) is 3.83. The van der Waals surface area contributed by atoms with E-state index in [-0.39, 0.29) is 5.97 Å². The van der Waals surface area contributed by atoms with Crippen molar-refractivity contribution in [3.63, 3.8) is 0 Å². The largest absolute Gasteiger partial charge is 0.466 e. The molecule has 0 bridgehead atoms. The Morgan fingerprint density at radius 2 is 2.39 bits per heavy atom. The summed E-state index contributed by atoms with van der Waals surface area (Å²) in [6.07, 6.45) is 4.44. The fourth-order valence-corrected chi connectivity index (χ4v) is 1.62. The highest BCUT2D eigenvalue weighted by atomic mass is 16.5. The number of nitrogens with one attached hydrogen (secondary N) is 1. The maximum Gasteiger partial charge on any atom is 0.306 e. The number of H-pyrrole nitrogens is 1. The van der Waals surface area contributed by atoms with Gasteiger partial charge in [0.15, 0.2) is 0 Å². The smallest absolute Gasteiger partial charge is 0.306 e. The highest BCUT2D eigenvalue weighted by Crippen LogP contribution is 2.16. The summed E-state index contributed by atoms with van der Waals surface area (Å²) in [5, 5.41) is 7.11. The van der Waals surface area contributed by atoms with Crippen molar-refractivity contribution in [3.8, 4) is 11.3 Å². The van der Waals surface area contributed by atoms with Crippen molar-refractivity contribution in [2.24, 2.45) is 0 Å². The molecule has 5 nitrogen and oxygen atoms in total. The van der Waals surface area contributed by atoms with E-state index in [1.165, 1.54) is 0 Å². The predicted octanol–water partition coefficient (Wildman–Crippen LogP) is 1.97. The minimum absolute atomic E-state index is 0.185. The third-order valence-corrected chi connectivity index (χ3v) is 2.49. The minimum Gasteiger partial charge on any atom is -0.466 e. The maximum atomic E-state index is 11.2. The summed E-state index contributed by atoms with van der Waals surface area (Å²) in [6.45, 7) is 2.22. The number of esters is 1. The van der Waals surface area contributed by atoms with E-state index in [2.05, 4.69) is 15.2 Å². The van der Waals surface area contributed by atoms with Crippen LogP contribution >= 0.6 is 0 Å². The Balaban J connectivity index is 1.97. The Morgan fingerprint density at radius 3 is 3.11 bits per heavy atom. The van der Waals surface area contributed by atoms with Gasteiger partial charge in [0, 0.05) is 23.7 Å². The van der Waals surface area contributed by atoms with E-state index in [0.717, 1.165) is 17.0 Å². The molecule has 0 saturated carbocycles. The predicted molar refractivity (Wildman–Crippen MR) is 66.8 cm³/mol. The lowest BCUT2D eigenvalue weighted by Crippen LogP contribution is -2.05. The molecule has 1 N–H and O–H groups in total. The van der Waals surface area contributed by atoms with Crippen LogP contribution < -0.4 is 0 Å². The molecule has 0 unspecified atom stereocenters. The minimum atomic E-state index is -0.185. The molecule has 0 aliphatic carbocycles. The first-order chi connectivity index (χ1) is 8.79. The summed E-state index contributed by atoms with van der Waals surface area (Å²) >= 11 is 0. The Morgan fingerprint density at radius 1 is 1.50 bits per heavy atom. The average molecular weight is 245 g/mol. The monoisotopic (exact) mass is 245 g/mol. The van der Waals surface area contributed by atoms with Crippen molar-refractivity contribution in [2.45, 2.75) is 19.8 Å². The number of aryl methyl sites for hydroxylation is 1. The highest BCUT2D eigenvalue weighted by Gasteiger charge is 2.07. The number of aromatic nitrogens is 3. The lowest BCUT2D eigenvalue weighted by atomic mass is 10.2. The quantitative estimate of drug-likeness (QED) is 0.818. The lowest BCUT2D eigenvalue weighted by Gasteiger charge is -1.99. The molecule has 2 heterocycles. The number of carbonyl (C=O) groups excluding carboxylic acids is 1. The first-order valence-electron chi connectivity index (χ1n) is 5.90. The SMILES string of the molecule is CCOC(=O)CCc1cc(-c2cccnc2)n[nH]1. The second-order valence-corrected chi connectivity index (χ2v) is 3.83. The molecule has 18 heavy (non-hydrogen) atoms. The van der Waals surface area contributed by atoms with Crippen molar-refractivity contribution in [3.05, 3.63) is 36.3 Å². The molecule has 0 aliphatic rings. The van der Waals surface area contributed by atoms with Crippen LogP contribution in [0.15, 0.2) is 30.6 Å². The fraction of sp³-hybridized carbons (Fsp3) is 0.308. The van der Waals surface area contributed by atoms with Gasteiger partial charge in [0.05, 0.1) is 18.7 Å². The Kier molecular flexibility index (Phi) is 4.06. The van der Waals surface area contributed by atoms with Gasteiger partial charge < -0.3 is 4.74 Å². The molecule has 94 valence electrons. The number of ether oxygens (including phenoxy) is 1.